The molecule has 2 rings (SSSR count). The van der Waals surface area contributed by atoms with Gasteiger partial charge in [0.15, 0.2) is 0 Å². The predicted octanol–water partition coefficient (Wildman–Crippen LogP) is 3.21. The number of nitrogens with one attached hydrogen (secondary N) is 1. The summed E-state index contributed by atoms with van der Waals surface area (Å²) in [6.45, 7) is 3.48. The molecule has 0 aromatic carbocycles. The van der Waals surface area contributed by atoms with Crippen LogP contribution in [0.2, 0.25) is 0 Å². The first-order valence-electron chi connectivity index (χ1n) is 6.81. The fourth-order valence-electron chi connectivity index (χ4n) is 2.30. The van der Waals surface area contributed by atoms with Crippen LogP contribution in [0.4, 0.5) is 0 Å². The van der Waals surface area contributed by atoms with E-state index in [1.807, 2.05) is 0 Å². The molecule has 146 valence electrons. The van der Waals surface area contributed by atoms with Crippen molar-refractivity contribution >= 4 is 83.6 Å². The van der Waals surface area contributed by atoms with E-state index in [0.29, 0.717) is 0 Å². The number of hydrogen-bond acceptors (Lipinski definition) is 5. The van der Waals surface area contributed by atoms with Crippen LogP contribution < -0.4 is 5.32 Å². The van der Waals surface area contributed by atoms with Crippen LogP contribution in [0, 0.1) is 11.8 Å². The molecular formula is C14H25I3N3O4V. The van der Waals surface area contributed by atoms with Gasteiger partial charge in [0.05, 0.1) is 13.3 Å². The van der Waals surface area contributed by atoms with Crippen molar-refractivity contribution in [2.75, 3.05) is 13.3 Å². The minimum atomic E-state index is -0.288. The SMILES string of the molecule is C.C.CC1CC(=O)N(CNCN2C(=O)CC(C)C2=O)C1=O.[I][V]([I])[I]. The molecule has 2 saturated heterocycles. The van der Waals surface area contributed by atoms with Gasteiger partial charge in [-0.3, -0.25) is 34.3 Å². The number of carbonyl (C=O) groups excluding carboxylic acids is 4. The Morgan fingerprint density at radius 1 is 0.880 bits per heavy atom. The van der Waals surface area contributed by atoms with Crippen LogP contribution in [0.3, 0.4) is 0 Å². The molecule has 4 amide bonds. The Bertz CT molecular complexity index is 465. The van der Waals surface area contributed by atoms with Crippen molar-refractivity contribution in [3.63, 3.8) is 0 Å². The Morgan fingerprint density at radius 3 is 1.36 bits per heavy atom. The molecule has 0 bridgehead atoms. The molecule has 7 nitrogen and oxygen atoms in total. The first-order valence-corrected chi connectivity index (χ1v) is 20.3. The van der Waals surface area contributed by atoms with Crippen LogP contribution in [-0.2, 0) is 24.1 Å². The summed E-state index contributed by atoms with van der Waals surface area (Å²) in [5, 5.41) is 2.80. The zero-order valence-corrected chi connectivity index (χ0v) is 20.5. The van der Waals surface area contributed by atoms with Gasteiger partial charge < -0.3 is 0 Å². The van der Waals surface area contributed by atoms with Gasteiger partial charge in [0.25, 0.3) is 0 Å². The average Bonchev–Trinajstić information content (AvgIpc) is 2.81. The van der Waals surface area contributed by atoms with Crippen molar-refractivity contribution in [1.29, 1.82) is 0 Å². The van der Waals surface area contributed by atoms with E-state index in [-0.39, 0.29) is 81.4 Å². The Labute approximate surface area is 187 Å². The second kappa shape index (κ2) is 13.2. The van der Waals surface area contributed by atoms with Crippen LogP contribution in [0.5, 0.6) is 0 Å². The van der Waals surface area contributed by atoms with E-state index in [2.05, 4.69) is 65.3 Å². The van der Waals surface area contributed by atoms with Crippen LogP contribution >= 0.6 is 59.9 Å². The van der Waals surface area contributed by atoms with Gasteiger partial charge in [0, 0.05) is 24.7 Å². The van der Waals surface area contributed by atoms with E-state index in [9.17, 15) is 19.2 Å². The van der Waals surface area contributed by atoms with Gasteiger partial charge in [-0.2, -0.15) is 0 Å². The summed E-state index contributed by atoms with van der Waals surface area (Å²) in [6.07, 6.45) is 0.443. The van der Waals surface area contributed by atoms with E-state index >= 15 is 0 Å². The molecule has 2 atom stereocenters. The van der Waals surface area contributed by atoms with Crippen molar-refractivity contribution in [1.82, 2.24) is 15.1 Å². The van der Waals surface area contributed by atoms with Crippen molar-refractivity contribution in [3.05, 3.63) is 0 Å². The molecule has 2 aliphatic heterocycles. The van der Waals surface area contributed by atoms with E-state index < -0.39 is 0 Å². The van der Waals surface area contributed by atoms with Crippen LogP contribution in [0.1, 0.15) is 41.5 Å². The standard InChI is InChI=1S/C12H17N3O4.2CH4.3HI.V/c1-7-3-9(16)14(11(7)18)5-13-6-15-10(17)4-8(2)12(15)19;;;;;;/h7-8,13H,3-6H2,1-2H3;2*1H4;3*1H;/q;;;;;;+3/p-3. The first-order chi connectivity index (χ1) is 10.6. The molecule has 11 heteroatoms. The van der Waals surface area contributed by atoms with Gasteiger partial charge in [-0.05, 0) is 0 Å². The van der Waals surface area contributed by atoms with E-state index in [0.717, 1.165) is 9.80 Å². The Balaban J connectivity index is 0. The third-order valence-corrected chi connectivity index (χ3v) is 3.48. The quantitative estimate of drug-likeness (QED) is 0.355. The Kier molecular flexibility index (Phi) is 14.9. The fraction of sp³-hybridized carbons (Fsp3) is 0.714. The molecule has 2 fully saturated rings. The number of halogens is 3. The van der Waals surface area contributed by atoms with Gasteiger partial charge in [0.1, 0.15) is 0 Å². The number of carbonyl (C=O) groups is 4. The van der Waals surface area contributed by atoms with Crippen molar-refractivity contribution in [2.24, 2.45) is 11.8 Å². The van der Waals surface area contributed by atoms with E-state index in [4.69, 9.17) is 0 Å². The van der Waals surface area contributed by atoms with E-state index in [1.165, 1.54) is 0 Å². The van der Waals surface area contributed by atoms with Crippen molar-refractivity contribution in [2.45, 2.75) is 41.5 Å². The fourth-order valence-corrected chi connectivity index (χ4v) is 2.30. The van der Waals surface area contributed by atoms with Gasteiger partial charge >= 0.3 is 64.9 Å². The topological polar surface area (TPSA) is 86.8 Å². The molecule has 0 radical (unpaired) electrons. The van der Waals surface area contributed by atoms with Crippen LogP contribution in [0.25, 0.3) is 0 Å². The molecule has 0 spiro atoms. The summed E-state index contributed by atoms with van der Waals surface area (Å²) in [5.74, 6) is -1.46. The number of amides is 4. The number of imide groups is 2. The summed E-state index contributed by atoms with van der Waals surface area (Å²) in [7, 11) is 0. The molecule has 0 aromatic rings. The number of rotatable bonds is 4. The average molecular weight is 731 g/mol. The molecular weight excluding hydrogens is 706 g/mol. The molecule has 0 aliphatic carbocycles. The third kappa shape index (κ3) is 8.70. The second-order valence-corrected chi connectivity index (χ2v) is 40.7. The van der Waals surface area contributed by atoms with Crippen LogP contribution in [-0.4, -0.2) is 46.8 Å². The Morgan fingerprint density at radius 2 is 1.16 bits per heavy atom. The number of likely N-dealkylation sites (tertiary alicyclic amines) is 2. The minimum absolute atomic E-state index is 0. The van der Waals surface area contributed by atoms with E-state index in [1.54, 1.807) is 13.8 Å². The van der Waals surface area contributed by atoms with Crippen LogP contribution in [0.15, 0.2) is 0 Å². The third-order valence-electron chi connectivity index (χ3n) is 3.48. The first kappa shape index (κ1) is 28.2. The number of hydrogen-bond donors (Lipinski definition) is 1. The molecule has 1 N–H and O–H groups in total. The van der Waals surface area contributed by atoms with Gasteiger partial charge in [-0.1, -0.05) is 28.7 Å². The van der Waals surface area contributed by atoms with Crippen molar-refractivity contribution < 1.29 is 24.1 Å². The van der Waals surface area contributed by atoms with Gasteiger partial charge in [0.2, 0.25) is 23.6 Å². The van der Waals surface area contributed by atoms with Gasteiger partial charge in [-0.25, -0.2) is 0 Å². The molecule has 2 heterocycles. The summed E-state index contributed by atoms with van der Waals surface area (Å²) in [4.78, 5) is 48.3. The molecule has 2 unspecified atom stereocenters. The summed E-state index contributed by atoms with van der Waals surface area (Å²) in [5.41, 5.74) is 0. The second-order valence-electron chi connectivity index (χ2n) is 5.29. The Hall–Kier alpha value is 1.01. The summed E-state index contributed by atoms with van der Waals surface area (Å²) in [6, 6.07) is 0. The summed E-state index contributed by atoms with van der Waals surface area (Å²) >= 11 is 7.39. The predicted molar refractivity (Wildman–Crippen MR) is 120 cm³/mol. The number of nitrogens with zero attached hydrogens (tertiary/aromatic N) is 2. The molecule has 0 saturated carbocycles. The molecule has 25 heavy (non-hydrogen) atoms. The molecule has 0 aromatic heterocycles. The van der Waals surface area contributed by atoms with Crippen molar-refractivity contribution in [3.8, 4) is 0 Å². The van der Waals surface area contributed by atoms with Gasteiger partial charge in [-0.15, -0.1) is 0 Å². The zero-order chi connectivity index (χ0) is 17.7. The summed E-state index contributed by atoms with van der Waals surface area (Å²) < 4.78 is 0. The maximum atomic E-state index is 11.6. The molecule has 2 aliphatic rings. The zero-order valence-electron chi connectivity index (χ0n) is 12.6. The maximum absolute atomic E-state index is 11.6. The normalized spacial score (nSPS) is 22.6. The monoisotopic (exact) mass is 731 g/mol.